The lowest BCUT2D eigenvalue weighted by molar-refractivity contribution is -0.119. The minimum atomic E-state index is -0.271. The summed E-state index contributed by atoms with van der Waals surface area (Å²) in [5, 5.41) is 0. The molecule has 0 N–H and O–H groups in total. The second-order valence-electron chi connectivity index (χ2n) is 4.72. The molecule has 2 bridgehead atoms. The van der Waals surface area contributed by atoms with Crippen LogP contribution in [0.2, 0.25) is 0 Å². The Labute approximate surface area is 78.7 Å². The van der Waals surface area contributed by atoms with E-state index < -0.39 is 0 Å². The van der Waals surface area contributed by atoms with E-state index in [0.29, 0.717) is 12.3 Å². The van der Waals surface area contributed by atoms with Crippen molar-refractivity contribution < 1.29 is 9.18 Å². The van der Waals surface area contributed by atoms with E-state index in [1.54, 1.807) is 0 Å². The normalized spacial score (nSPS) is 42.5. The van der Waals surface area contributed by atoms with Crippen LogP contribution in [0.3, 0.4) is 0 Å². The first-order valence-corrected chi connectivity index (χ1v) is 5.33. The van der Waals surface area contributed by atoms with Crippen LogP contribution in [0.25, 0.3) is 0 Å². The van der Waals surface area contributed by atoms with E-state index in [2.05, 4.69) is 0 Å². The second kappa shape index (κ2) is 3.39. The quantitative estimate of drug-likeness (QED) is 0.614. The van der Waals surface area contributed by atoms with E-state index in [-0.39, 0.29) is 12.1 Å². The third-order valence-corrected chi connectivity index (χ3v) is 4.03. The fraction of sp³-hybridized carbons (Fsp3) is 0.909. The average Bonchev–Trinajstić information content (AvgIpc) is 2.74. The van der Waals surface area contributed by atoms with E-state index in [1.165, 1.54) is 19.3 Å². The highest BCUT2D eigenvalue weighted by Gasteiger charge is 2.50. The summed E-state index contributed by atoms with van der Waals surface area (Å²) < 4.78 is 12.1. The predicted molar refractivity (Wildman–Crippen MR) is 49.2 cm³/mol. The van der Waals surface area contributed by atoms with Crippen LogP contribution >= 0.6 is 0 Å². The third kappa shape index (κ3) is 1.40. The molecule has 2 aliphatic carbocycles. The van der Waals surface area contributed by atoms with Gasteiger partial charge < -0.3 is 4.79 Å². The second-order valence-corrected chi connectivity index (χ2v) is 4.72. The fourth-order valence-electron chi connectivity index (χ4n) is 3.39. The average molecular weight is 184 g/mol. The number of carbonyl (C=O) groups excluding carboxylic acids is 1. The first kappa shape index (κ1) is 9.17. The molecule has 2 saturated carbocycles. The largest absolute Gasteiger partial charge is 0.303 e. The summed E-state index contributed by atoms with van der Waals surface area (Å²) in [6.07, 6.45) is 7.26. The summed E-state index contributed by atoms with van der Waals surface area (Å²) in [4.78, 5) is 11.1. The molecule has 0 spiro atoms. The summed E-state index contributed by atoms with van der Waals surface area (Å²) in [6.45, 7) is -0.271. The molecule has 3 atom stereocenters. The van der Waals surface area contributed by atoms with Crippen LogP contribution < -0.4 is 0 Å². The molecule has 0 heterocycles. The molecule has 0 radical (unpaired) electrons. The molecular formula is C11H17FO. The predicted octanol–water partition coefficient (Wildman–Crippen LogP) is 2.74. The van der Waals surface area contributed by atoms with Gasteiger partial charge in [-0.1, -0.05) is 6.42 Å². The molecule has 0 saturated heterocycles. The summed E-state index contributed by atoms with van der Waals surface area (Å²) >= 11 is 0. The van der Waals surface area contributed by atoms with Gasteiger partial charge in [-0.15, -0.1) is 0 Å². The molecule has 74 valence electrons. The highest BCUT2D eigenvalue weighted by Crippen LogP contribution is 2.56. The Morgan fingerprint density at radius 3 is 2.77 bits per heavy atom. The van der Waals surface area contributed by atoms with Crippen molar-refractivity contribution in [3.8, 4) is 0 Å². The molecule has 1 nitrogen and oxygen atoms in total. The van der Waals surface area contributed by atoms with E-state index >= 15 is 0 Å². The molecule has 2 rings (SSSR count). The van der Waals surface area contributed by atoms with Gasteiger partial charge in [0.1, 0.15) is 6.29 Å². The van der Waals surface area contributed by atoms with Crippen LogP contribution in [0.15, 0.2) is 0 Å². The first-order chi connectivity index (χ1) is 6.30. The topological polar surface area (TPSA) is 17.1 Å². The minimum Gasteiger partial charge on any atom is -0.303 e. The first-order valence-electron chi connectivity index (χ1n) is 5.33. The molecular weight excluding hydrogens is 167 g/mol. The van der Waals surface area contributed by atoms with Crippen LogP contribution in [0.4, 0.5) is 4.39 Å². The zero-order valence-electron chi connectivity index (χ0n) is 7.97. The molecule has 0 aromatic heterocycles. The number of fused-ring (bicyclic) bond motifs is 2. The number of aldehydes is 1. The highest BCUT2D eigenvalue weighted by molar-refractivity contribution is 5.61. The van der Waals surface area contributed by atoms with Crippen molar-refractivity contribution >= 4 is 6.29 Å². The van der Waals surface area contributed by atoms with Crippen LogP contribution in [0.1, 0.15) is 38.5 Å². The number of alkyl halides is 1. The Morgan fingerprint density at radius 1 is 1.46 bits per heavy atom. The van der Waals surface area contributed by atoms with Crippen molar-refractivity contribution in [2.45, 2.75) is 38.5 Å². The van der Waals surface area contributed by atoms with Crippen molar-refractivity contribution in [1.82, 2.24) is 0 Å². The third-order valence-electron chi connectivity index (χ3n) is 4.03. The fourth-order valence-corrected chi connectivity index (χ4v) is 3.39. The maximum atomic E-state index is 12.1. The molecule has 0 aromatic rings. The Hall–Kier alpha value is -0.400. The lowest BCUT2D eigenvalue weighted by Crippen LogP contribution is -2.29. The number of hydrogen-bond acceptors (Lipinski definition) is 1. The monoisotopic (exact) mass is 184 g/mol. The molecule has 3 unspecified atom stereocenters. The van der Waals surface area contributed by atoms with Crippen molar-refractivity contribution in [3.63, 3.8) is 0 Å². The van der Waals surface area contributed by atoms with Gasteiger partial charge in [0.05, 0.1) is 6.67 Å². The van der Waals surface area contributed by atoms with Gasteiger partial charge in [-0.25, -0.2) is 0 Å². The molecule has 2 fully saturated rings. The van der Waals surface area contributed by atoms with Gasteiger partial charge in [0.2, 0.25) is 0 Å². The maximum absolute atomic E-state index is 12.1. The standard InChI is InChI=1S/C11H17FO/c12-5-1-4-11(8-13)7-9-2-3-10(11)6-9/h8-10H,1-7H2. The van der Waals surface area contributed by atoms with Crippen molar-refractivity contribution in [3.05, 3.63) is 0 Å². The number of halogens is 1. The summed E-state index contributed by atoms with van der Waals surface area (Å²) in [7, 11) is 0. The van der Waals surface area contributed by atoms with E-state index in [9.17, 15) is 9.18 Å². The Morgan fingerprint density at radius 2 is 2.31 bits per heavy atom. The zero-order valence-corrected chi connectivity index (χ0v) is 7.97. The SMILES string of the molecule is O=CC1(CCCF)CC2CCC1C2. The van der Waals surface area contributed by atoms with Gasteiger partial charge in [-0.05, 0) is 43.9 Å². The van der Waals surface area contributed by atoms with Crippen molar-refractivity contribution in [2.75, 3.05) is 6.67 Å². The van der Waals surface area contributed by atoms with Gasteiger partial charge >= 0.3 is 0 Å². The van der Waals surface area contributed by atoms with E-state index in [4.69, 9.17) is 0 Å². The van der Waals surface area contributed by atoms with Crippen LogP contribution in [-0.4, -0.2) is 13.0 Å². The van der Waals surface area contributed by atoms with Gasteiger partial charge in [0.25, 0.3) is 0 Å². The number of carbonyl (C=O) groups is 1. The molecule has 2 aliphatic rings. The zero-order chi connectivity index (χ0) is 9.31. The summed E-state index contributed by atoms with van der Waals surface area (Å²) in [5.41, 5.74) is -0.116. The smallest absolute Gasteiger partial charge is 0.126 e. The van der Waals surface area contributed by atoms with Crippen LogP contribution in [-0.2, 0) is 4.79 Å². The van der Waals surface area contributed by atoms with E-state index in [1.807, 2.05) is 0 Å². The summed E-state index contributed by atoms with van der Waals surface area (Å²) in [6, 6.07) is 0. The summed E-state index contributed by atoms with van der Waals surface area (Å²) in [5.74, 6) is 1.36. The Bertz CT molecular complexity index is 204. The van der Waals surface area contributed by atoms with Gasteiger partial charge in [-0.2, -0.15) is 0 Å². The molecule has 0 amide bonds. The Kier molecular flexibility index (Phi) is 2.39. The van der Waals surface area contributed by atoms with Crippen LogP contribution in [0, 0.1) is 17.3 Å². The Balaban J connectivity index is 2.03. The van der Waals surface area contributed by atoms with E-state index in [0.717, 1.165) is 25.0 Å². The maximum Gasteiger partial charge on any atom is 0.126 e. The minimum absolute atomic E-state index is 0.116. The highest BCUT2D eigenvalue weighted by atomic mass is 19.1. The van der Waals surface area contributed by atoms with Crippen molar-refractivity contribution in [1.29, 1.82) is 0 Å². The number of rotatable bonds is 4. The molecule has 0 aromatic carbocycles. The van der Waals surface area contributed by atoms with Crippen molar-refractivity contribution in [2.24, 2.45) is 17.3 Å². The van der Waals surface area contributed by atoms with Gasteiger partial charge in [-0.3, -0.25) is 4.39 Å². The molecule has 13 heavy (non-hydrogen) atoms. The van der Waals surface area contributed by atoms with Crippen LogP contribution in [0.5, 0.6) is 0 Å². The van der Waals surface area contributed by atoms with Gasteiger partial charge in [0.15, 0.2) is 0 Å². The molecule has 0 aliphatic heterocycles. The lowest BCUT2D eigenvalue weighted by atomic mass is 9.71. The molecule has 2 heteroatoms. The van der Waals surface area contributed by atoms with Gasteiger partial charge in [0, 0.05) is 5.41 Å². The number of hydrogen-bond donors (Lipinski definition) is 0. The lowest BCUT2D eigenvalue weighted by Gasteiger charge is -2.32.